The maximum atomic E-state index is 2.28. The molecule has 0 unspecified atom stereocenters. The first-order valence-corrected chi connectivity index (χ1v) is 6.48. The Balaban J connectivity index is 2.25. The maximum Gasteiger partial charge on any atom is -0.0348 e. The van der Waals surface area contributed by atoms with Gasteiger partial charge in [0.05, 0.1) is 0 Å². The maximum absolute atomic E-state index is 2.28. The Morgan fingerprint density at radius 1 is 0.400 bits per heavy atom. The molecule has 0 N–H and O–H groups in total. The number of hydrogen-bond acceptors (Lipinski definition) is 0. The van der Waals surface area contributed by atoms with Crippen LogP contribution in [0.5, 0.6) is 0 Å². The minimum absolute atomic E-state index is 1.24. The van der Waals surface area contributed by atoms with Crippen molar-refractivity contribution in [2.45, 2.75) is 57.8 Å². The van der Waals surface area contributed by atoms with Gasteiger partial charge in [0, 0.05) is 0 Å². The Morgan fingerprint density at radius 3 is 1.27 bits per heavy atom. The molecule has 0 nitrogen and oxygen atoms in total. The van der Waals surface area contributed by atoms with Crippen molar-refractivity contribution in [3.8, 4) is 0 Å². The lowest BCUT2D eigenvalue weighted by molar-refractivity contribution is 0.584. The van der Waals surface area contributed by atoms with E-state index in [2.05, 4.69) is 36.5 Å². The first kappa shape index (κ1) is 12.3. The standard InChI is InChI=1S/C15H24/c1-2-4-6-8-10-12-14-15-13-11-9-7-5-3-1/h1-6H,7-15H2/b2-1+,5-3+,6-4?. The van der Waals surface area contributed by atoms with E-state index in [1.165, 1.54) is 57.8 Å². The van der Waals surface area contributed by atoms with Crippen LogP contribution in [0.25, 0.3) is 0 Å². The third kappa shape index (κ3) is 8.23. The normalized spacial score (nSPS) is 25.1. The molecule has 0 aliphatic heterocycles. The number of allylic oxidation sites excluding steroid dienone is 6. The first-order chi connectivity index (χ1) is 7.50. The van der Waals surface area contributed by atoms with Crippen LogP contribution in [0.2, 0.25) is 0 Å². The summed E-state index contributed by atoms with van der Waals surface area (Å²) in [5, 5.41) is 0. The average Bonchev–Trinajstić information content (AvgIpc) is 2.27. The fraction of sp³-hybridized carbons (Fsp3) is 0.600. The molecule has 0 saturated heterocycles. The predicted octanol–water partition coefficient (Wildman–Crippen LogP) is 5.18. The molecular formula is C15H24. The molecule has 0 amide bonds. The Hall–Kier alpha value is -0.780. The van der Waals surface area contributed by atoms with Gasteiger partial charge in [-0.3, -0.25) is 0 Å². The zero-order valence-corrected chi connectivity index (χ0v) is 9.83. The summed E-state index contributed by atoms with van der Waals surface area (Å²) < 4.78 is 0. The number of rotatable bonds is 0. The van der Waals surface area contributed by atoms with E-state index >= 15 is 0 Å². The van der Waals surface area contributed by atoms with Gasteiger partial charge in [0.15, 0.2) is 0 Å². The van der Waals surface area contributed by atoms with Gasteiger partial charge in [-0.05, 0) is 25.7 Å². The second-order valence-corrected chi connectivity index (χ2v) is 4.29. The predicted molar refractivity (Wildman–Crippen MR) is 69.0 cm³/mol. The first-order valence-electron chi connectivity index (χ1n) is 6.48. The van der Waals surface area contributed by atoms with E-state index in [1.807, 2.05) is 0 Å². The van der Waals surface area contributed by atoms with Crippen LogP contribution in [0.4, 0.5) is 0 Å². The van der Waals surface area contributed by atoms with Gasteiger partial charge in [-0.25, -0.2) is 0 Å². The highest BCUT2D eigenvalue weighted by atomic mass is 14.0. The minimum Gasteiger partial charge on any atom is -0.0845 e. The lowest BCUT2D eigenvalue weighted by Gasteiger charge is -1.99. The van der Waals surface area contributed by atoms with Gasteiger partial charge in [0.2, 0.25) is 0 Å². The molecular weight excluding hydrogens is 180 g/mol. The van der Waals surface area contributed by atoms with Gasteiger partial charge >= 0.3 is 0 Å². The Labute approximate surface area is 94.8 Å². The molecule has 0 fully saturated rings. The lowest BCUT2D eigenvalue weighted by Crippen LogP contribution is -1.80. The molecule has 15 heavy (non-hydrogen) atoms. The van der Waals surface area contributed by atoms with E-state index in [0.29, 0.717) is 0 Å². The second-order valence-electron chi connectivity index (χ2n) is 4.29. The van der Waals surface area contributed by atoms with Crippen molar-refractivity contribution in [3.05, 3.63) is 36.5 Å². The summed E-state index contributed by atoms with van der Waals surface area (Å²) in [6.07, 6.45) is 25.5. The summed E-state index contributed by atoms with van der Waals surface area (Å²) in [7, 11) is 0. The van der Waals surface area contributed by atoms with Crippen LogP contribution in [-0.2, 0) is 0 Å². The Kier molecular flexibility index (Phi) is 8.00. The summed E-state index contributed by atoms with van der Waals surface area (Å²) >= 11 is 0. The third-order valence-corrected chi connectivity index (χ3v) is 2.85. The topological polar surface area (TPSA) is 0 Å². The van der Waals surface area contributed by atoms with Crippen molar-refractivity contribution >= 4 is 0 Å². The molecule has 0 spiro atoms. The SMILES string of the molecule is C1=CCCCCCCCCC/C=C/C=C/1. The van der Waals surface area contributed by atoms with Gasteiger partial charge < -0.3 is 0 Å². The quantitative estimate of drug-likeness (QED) is 0.510. The van der Waals surface area contributed by atoms with Crippen LogP contribution in [0, 0.1) is 0 Å². The van der Waals surface area contributed by atoms with E-state index in [4.69, 9.17) is 0 Å². The van der Waals surface area contributed by atoms with Crippen molar-refractivity contribution < 1.29 is 0 Å². The molecule has 0 aromatic heterocycles. The fourth-order valence-electron chi connectivity index (χ4n) is 1.89. The van der Waals surface area contributed by atoms with Gasteiger partial charge in [-0.2, -0.15) is 0 Å². The van der Waals surface area contributed by atoms with E-state index in [0.717, 1.165) is 0 Å². The summed E-state index contributed by atoms with van der Waals surface area (Å²) in [5.41, 5.74) is 0. The summed E-state index contributed by atoms with van der Waals surface area (Å²) in [6, 6.07) is 0. The highest BCUT2D eigenvalue weighted by Gasteiger charge is 1.90. The highest BCUT2D eigenvalue weighted by Crippen LogP contribution is 2.10. The molecule has 0 heteroatoms. The van der Waals surface area contributed by atoms with Crippen LogP contribution in [0.3, 0.4) is 0 Å². The molecule has 1 aliphatic rings. The van der Waals surface area contributed by atoms with E-state index in [-0.39, 0.29) is 0 Å². The van der Waals surface area contributed by atoms with Crippen LogP contribution >= 0.6 is 0 Å². The van der Waals surface area contributed by atoms with Crippen LogP contribution in [-0.4, -0.2) is 0 Å². The fourth-order valence-corrected chi connectivity index (χ4v) is 1.89. The van der Waals surface area contributed by atoms with Crippen LogP contribution in [0.15, 0.2) is 36.5 Å². The van der Waals surface area contributed by atoms with Crippen molar-refractivity contribution in [1.82, 2.24) is 0 Å². The zero-order chi connectivity index (χ0) is 10.6. The smallest absolute Gasteiger partial charge is 0.0348 e. The Morgan fingerprint density at radius 2 is 0.800 bits per heavy atom. The molecule has 84 valence electrons. The largest absolute Gasteiger partial charge is 0.0845 e. The molecule has 0 bridgehead atoms. The molecule has 0 aromatic carbocycles. The van der Waals surface area contributed by atoms with Gasteiger partial charge in [-0.15, -0.1) is 0 Å². The zero-order valence-electron chi connectivity index (χ0n) is 9.83. The molecule has 0 heterocycles. The molecule has 0 radical (unpaired) electrons. The van der Waals surface area contributed by atoms with Crippen molar-refractivity contribution in [3.63, 3.8) is 0 Å². The molecule has 0 aromatic rings. The van der Waals surface area contributed by atoms with Crippen LogP contribution < -0.4 is 0 Å². The van der Waals surface area contributed by atoms with Crippen molar-refractivity contribution in [1.29, 1.82) is 0 Å². The van der Waals surface area contributed by atoms with E-state index in [1.54, 1.807) is 0 Å². The van der Waals surface area contributed by atoms with E-state index in [9.17, 15) is 0 Å². The lowest BCUT2D eigenvalue weighted by atomic mass is 10.1. The minimum atomic E-state index is 1.24. The molecule has 1 aliphatic carbocycles. The molecule has 0 saturated carbocycles. The second kappa shape index (κ2) is 9.76. The van der Waals surface area contributed by atoms with Crippen molar-refractivity contribution in [2.24, 2.45) is 0 Å². The monoisotopic (exact) mass is 204 g/mol. The summed E-state index contributed by atoms with van der Waals surface area (Å²) in [6.45, 7) is 0. The van der Waals surface area contributed by atoms with E-state index < -0.39 is 0 Å². The van der Waals surface area contributed by atoms with Gasteiger partial charge in [0.1, 0.15) is 0 Å². The van der Waals surface area contributed by atoms with Gasteiger partial charge in [0.25, 0.3) is 0 Å². The average molecular weight is 204 g/mol. The number of hydrogen-bond donors (Lipinski definition) is 0. The third-order valence-electron chi connectivity index (χ3n) is 2.85. The highest BCUT2D eigenvalue weighted by molar-refractivity contribution is 5.10. The Bertz CT molecular complexity index is 186. The summed E-state index contributed by atoms with van der Waals surface area (Å²) in [5.74, 6) is 0. The summed E-state index contributed by atoms with van der Waals surface area (Å²) in [4.78, 5) is 0. The van der Waals surface area contributed by atoms with Gasteiger partial charge in [-0.1, -0.05) is 68.6 Å². The molecule has 0 atom stereocenters. The molecule has 1 rings (SSSR count). The van der Waals surface area contributed by atoms with Crippen molar-refractivity contribution in [2.75, 3.05) is 0 Å². The van der Waals surface area contributed by atoms with Crippen LogP contribution in [0.1, 0.15) is 57.8 Å².